The number of hydrogen-bond donors (Lipinski definition) is 1. The minimum atomic E-state index is -0.457. The summed E-state index contributed by atoms with van der Waals surface area (Å²) in [6.45, 7) is 0. The van der Waals surface area contributed by atoms with E-state index in [0.717, 1.165) is 0 Å². The molecule has 0 unspecified atom stereocenters. The Kier molecular flexibility index (Phi) is 3.34. The Morgan fingerprint density at radius 2 is 1.96 bits per heavy atom. The molecule has 3 aromatic heterocycles. The van der Waals surface area contributed by atoms with Crippen molar-refractivity contribution in [2.24, 2.45) is 0 Å². The Balaban J connectivity index is 1.94. The van der Waals surface area contributed by atoms with E-state index in [1.54, 1.807) is 30.7 Å². The van der Waals surface area contributed by atoms with Gasteiger partial charge in [0.2, 0.25) is 0 Å². The Labute approximate surface area is 135 Å². The Morgan fingerprint density at radius 3 is 2.75 bits per heavy atom. The Hall–Kier alpha value is -3.42. The van der Waals surface area contributed by atoms with Crippen molar-refractivity contribution in [3.63, 3.8) is 0 Å². The molecule has 1 aromatic carbocycles. The molecule has 4 aromatic rings. The zero-order valence-corrected chi connectivity index (χ0v) is 12.6. The highest BCUT2D eigenvalue weighted by molar-refractivity contribution is 5.89. The van der Waals surface area contributed by atoms with Gasteiger partial charge in [-0.05, 0) is 12.1 Å². The van der Waals surface area contributed by atoms with Gasteiger partial charge < -0.3 is 4.74 Å². The van der Waals surface area contributed by atoms with Crippen LogP contribution in [0.4, 0.5) is 4.39 Å². The molecule has 0 aliphatic carbocycles. The van der Waals surface area contributed by atoms with Gasteiger partial charge in [0.15, 0.2) is 5.82 Å². The van der Waals surface area contributed by atoms with E-state index in [4.69, 9.17) is 4.74 Å². The molecule has 0 spiro atoms. The van der Waals surface area contributed by atoms with Crippen molar-refractivity contribution in [1.82, 2.24) is 30.1 Å². The van der Waals surface area contributed by atoms with Gasteiger partial charge in [0, 0.05) is 18.0 Å². The van der Waals surface area contributed by atoms with Crippen LogP contribution in [0.5, 0.6) is 5.75 Å². The molecule has 0 saturated heterocycles. The molecular weight excluding hydrogens is 311 g/mol. The first-order valence-corrected chi connectivity index (χ1v) is 7.07. The van der Waals surface area contributed by atoms with Crippen LogP contribution >= 0.6 is 0 Å². The molecule has 0 atom stereocenters. The SMILES string of the molecule is COc1cccc(F)c1-c1ncc2[nH]nc(-c3cncnc3)c2n1. The Bertz CT molecular complexity index is 1020. The third-order valence-corrected chi connectivity index (χ3v) is 3.55. The standard InChI is InChI=1S/C16H11FN6O/c1-24-12-4-2-3-10(17)13(12)16-20-7-11-15(21-16)14(23-22-11)9-5-18-8-19-6-9/h2-8H,1H3,(H,22,23). The number of ether oxygens (including phenoxy) is 1. The number of aromatic nitrogens is 6. The number of methoxy groups -OCH3 is 1. The predicted molar refractivity (Wildman–Crippen MR) is 84.7 cm³/mol. The molecule has 4 rings (SSSR count). The largest absolute Gasteiger partial charge is 0.496 e. The van der Waals surface area contributed by atoms with E-state index in [1.807, 2.05) is 0 Å². The van der Waals surface area contributed by atoms with Crippen molar-refractivity contribution in [3.8, 4) is 28.4 Å². The predicted octanol–water partition coefficient (Wildman–Crippen LogP) is 2.62. The zero-order valence-electron chi connectivity index (χ0n) is 12.6. The number of hydrogen-bond acceptors (Lipinski definition) is 6. The fourth-order valence-corrected chi connectivity index (χ4v) is 2.45. The third-order valence-electron chi connectivity index (χ3n) is 3.55. The maximum Gasteiger partial charge on any atom is 0.166 e. The van der Waals surface area contributed by atoms with Gasteiger partial charge in [0.25, 0.3) is 0 Å². The topological polar surface area (TPSA) is 89.5 Å². The summed E-state index contributed by atoms with van der Waals surface area (Å²) < 4.78 is 19.5. The molecule has 3 heterocycles. The van der Waals surface area contributed by atoms with Crippen LogP contribution in [-0.2, 0) is 0 Å². The normalized spacial score (nSPS) is 10.9. The van der Waals surface area contributed by atoms with Crippen LogP contribution in [0.15, 0.2) is 43.1 Å². The van der Waals surface area contributed by atoms with Crippen molar-refractivity contribution in [2.75, 3.05) is 7.11 Å². The number of halogens is 1. The van der Waals surface area contributed by atoms with E-state index < -0.39 is 5.82 Å². The first-order chi connectivity index (χ1) is 11.8. The van der Waals surface area contributed by atoms with Gasteiger partial charge in [0.1, 0.15) is 34.6 Å². The first-order valence-electron chi connectivity index (χ1n) is 7.07. The van der Waals surface area contributed by atoms with Crippen molar-refractivity contribution in [1.29, 1.82) is 0 Å². The average Bonchev–Trinajstić information content (AvgIpc) is 3.05. The smallest absolute Gasteiger partial charge is 0.166 e. The molecular formula is C16H11FN6O. The van der Waals surface area contributed by atoms with E-state index in [2.05, 4.69) is 30.1 Å². The monoisotopic (exact) mass is 322 g/mol. The minimum absolute atomic E-state index is 0.207. The second-order valence-electron chi connectivity index (χ2n) is 4.97. The highest BCUT2D eigenvalue weighted by atomic mass is 19.1. The zero-order chi connectivity index (χ0) is 16.5. The van der Waals surface area contributed by atoms with Crippen molar-refractivity contribution >= 4 is 11.0 Å². The van der Waals surface area contributed by atoms with Gasteiger partial charge in [0.05, 0.1) is 18.9 Å². The second kappa shape index (κ2) is 5.65. The van der Waals surface area contributed by atoms with E-state index in [0.29, 0.717) is 28.0 Å². The van der Waals surface area contributed by atoms with Gasteiger partial charge >= 0.3 is 0 Å². The van der Waals surface area contributed by atoms with Crippen LogP contribution in [-0.4, -0.2) is 37.2 Å². The number of fused-ring (bicyclic) bond motifs is 1. The number of rotatable bonds is 3. The van der Waals surface area contributed by atoms with Crippen LogP contribution in [0.3, 0.4) is 0 Å². The number of aromatic amines is 1. The van der Waals surface area contributed by atoms with Gasteiger partial charge in [-0.25, -0.2) is 24.3 Å². The number of H-pyrrole nitrogens is 1. The highest BCUT2D eigenvalue weighted by Crippen LogP contribution is 2.32. The molecule has 0 saturated carbocycles. The van der Waals surface area contributed by atoms with E-state index in [1.165, 1.54) is 19.5 Å². The first kappa shape index (κ1) is 14.2. The van der Waals surface area contributed by atoms with E-state index in [9.17, 15) is 4.39 Å². The summed E-state index contributed by atoms with van der Waals surface area (Å²) in [6, 6.07) is 4.57. The van der Waals surface area contributed by atoms with Gasteiger partial charge in [-0.2, -0.15) is 5.10 Å². The molecule has 1 N–H and O–H groups in total. The van der Waals surface area contributed by atoms with E-state index in [-0.39, 0.29) is 11.4 Å². The molecule has 118 valence electrons. The van der Waals surface area contributed by atoms with Crippen LogP contribution < -0.4 is 4.74 Å². The van der Waals surface area contributed by atoms with Gasteiger partial charge in [-0.1, -0.05) is 6.07 Å². The second-order valence-corrected chi connectivity index (χ2v) is 4.97. The lowest BCUT2D eigenvalue weighted by Crippen LogP contribution is -1.96. The molecule has 24 heavy (non-hydrogen) atoms. The summed E-state index contributed by atoms with van der Waals surface area (Å²) in [5.74, 6) is 0.126. The minimum Gasteiger partial charge on any atom is -0.496 e. The number of nitrogens with one attached hydrogen (secondary N) is 1. The van der Waals surface area contributed by atoms with Crippen LogP contribution in [0.2, 0.25) is 0 Å². The number of nitrogens with zero attached hydrogens (tertiary/aromatic N) is 5. The van der Waals surface area contributed by atoms with Gasteiger partial charge in [-0.3, -0.25) is 5.10 Å². The lowest BCUT2D eigenvalue weighted by molar-refractivity contribution is 0.413. The van der Waals surface area contributed by atoms with Crippen molar-refractivity contribution in [2.45, 2.75) is 0 Å². The van der Waals surface area contributed by atoms with E-state index >= 15 is 0 Å². The van der Waals surface area contributed by atoms with Crippen molar-refractivity contribution in [3.05, 3.63) is 48.9 Å². The highest BCUT2D eigenvalue weighted by Gasteiger charge is 2.17. The quantitative estimate of drug-likeness (QED) is 0.623. The lowest BCUT2D eigenvalue weighted by Gasteiger charge is -2.08. The summed E-state index contributed by atoms with van der Waals surface area (Å²) in [5.41, 5.74) is 2.67. The molecule has 0 aliphatic heterocycles. The maximum absolute atomic E-state index is 14.3. The fourth-order valence-electron chi connectivity index (χ4n) is 2.45. The molecule has 0 radical (unpaired) electrons. The molecule has 0 bridgehead atoms. The molecule has 0 fully saturated rings. The molecule has 0 aliphatic rings. The maximum atomic E-state index is 14.3. The van der Waals surface area contributed by atoms with Gasteiger partial charge in [-0.15, -0.1) is 0 Å². The molecule has 8 heteroatoms. The molecule has 0 amide bonds. The fraction of sp³-hybridized carbons (Fsp3) is 0.0625. The Morgan fingerprint density at radius 1 is 1.12 bits per heavy atom. The van der Waals surface area contributed by atoms with Crippen molar-refractivity contribution < 1.29 is 9.13 Å². The number of benzene rings is 1. The van der Waals surface area contributed by atoms with Crippen LogP contribution in [0, 0.1) is 5.82 Å². The molecule has 7 nitrogen and oxygen atoms in total. The summed E-state index contributed by atoms with van der Waals surface area (Å²) in [7, 11) is 1.47. The summed E-state index contributed by atoms with van der Waals surface area (Å²) in [4.78, 5) is 16.7. The summed E-state index contributed by atoms with van der Waals surface area (Å²) >= 11 is 0. The summed E-state index contributed by atoms with van der Waals surface area (Å²) in [6.07, 6.45) is 6.26. The average molecular weight is 322 g/mol. The third kappa shape index (κ3) is 2.24. The lowest BCUT2D eigenvalue weighted by atomic mass is 10.1. The van der Waals surface area contributed by atoms with Crippen LogP contribution in [0.1, 0.15) is 0 Å². The summed E-state index contributed by atoms with van der Waals surface area (Å²) in [5, 5.41) is 7.09. The van der Waals surface area contributed by atoms with Crippen LogP contribution in [0.25, 0.3) is 33.7 Å².